The lowest BCUT2D eigenvalue weighted by molar-refractivity contribution is -0.384. The number of carbonyl (C=O) groups excluding carboxylic acids is 2. The Labute approximate surface area is 173 Å². The predicted molar refractivity (Wildman–Crippen MR) is 111 cm³/mol. The highest BCUT2D eigenvalue weighted by molar-refractivity contribution is 6.00. The fourth-order valence-corrected chi connectivity index (χ4v) is 3.73. The summed E-state index contributed by atoms with van der Waals surface area (Å²) in [5.74, 6) is 0.375. The summed E-state index contributed by atoms with van der Waals surface area (Å²) in [6.07, 6.45) is 0.232. The summed E-state index contributed by atoms with van der Waals surface area (Å²) in [5, 5.41) is 10.8. The maximum absolute atomic E-state index is 12.9. The molecule has 0 N–H and O–H groups in total. The first kappa shape index (κ1) is 19.7. The number of rotatable bonds is 4. The molecule has 30 heavy (non-hydrogen) atoms. The summed E-state index contributed by atoms with van der Waals surface area (Å²) in [5.41, 5.74) is 1.57. The Bertz CT molecular complexity index is 954. The van der Waals surface area contributed by atoms with E-state index in [1.54, 1.807) is 29.2 Å². The van der Waals surface area contributed by atoms with Gasteiger partial charge in [-0.05, 0) is 24.3 Å². The number of nitrogens with zero attached hydrogens (tertiary/aromatic N) is 4. The smallest absolute Gasteiger partial charge is 0.269 e. The number of nitro groups is 1. The number of nitro benzene ring substituents is 1. The van der Waals surface area contributed by atoms with Crippen LogP contribution in [0.15, 0.2) is 48.5 Å². The number of carbonyl (C=O) groups is 2. The monoisotopic (exact) mass is 410 g/mol. The van der Waals surface area contributed by atoms with Crippen molar-refractivity contribution in [1.82, 2.24) is 4.90 Å². The molecule has 0 bridgehead atoms. The third-order valence-electron chi connectivity index (χ3n) is 5.38. The highest BCUT2D eigenvalue weighted by Crippen LogP contribution is 2.31. The summed E-state index contributed by atoms with van der Waals surface area (Å²) in [6, 6.07) is 13.7. The van der Waals surface area contributed by atoms with Crippen molar-refractivity contribution >= 4 is 28.9 Å². The van der Waals surface area contributed by atoms with Crippen LogP contribution < -0.4 is 14.5 Å². The lowest BCUT2D eigenvalue weighted by atomic mass is 10.2. The maximum Gasteiger partial charge on any atom is 0.269 e. The van der Waals surface area contributed by atoms with E-state index in [-0.39, 0.29) is 30.5 Å². The van der Waals surface area contributed by atoms with Crippen LogP contribution in [0.3, 0.4) is 0 Å². The number of para-hydroxylation sites is 2. The number of hydrogen-bond acceptors (Lipinski definition) is 6. The second-order valence-corrected chi connectivity index (χ2v) is 7.19. The fourth-order valence-electron chi connectivity index (χ4n) is 3.73. The minimum absolute atomic E-state index is 0.0171. The molecule has 2 amide bonds. The largest absolute Gasteiger partial charge is 0.491 e. The van der Waals surface area contributed by atoms with E-state index in [1.165, 1.54) is 17.0 Å². The molecule has 9 heteroatoms. The minimum atomic E-state index is -0.423. The van der Waals surface area contributed by atoms with Crippen LogP contribution in [0.25, 0.3) is 0 Å². The molecular formula is C21H22N4O5. The number of non-ortho nitro benzene ring substituents is 1. The predicted octanol–water partition coefficient (Wildman–Crippen LogP) is 2.06. The van der Waals surface area contributed by atoms with Gasteiger partial charge in [0.05, 0.1) is 23.6 Å². The van der Waals surface area contributed by atoms with E-state index in [0.29, 0.717) is 44.2 Å². The van der Waals surface area contributed by atoms with Gasteiger partial charge < -0.3 is 14.5 Å². The molecule has 0 radical (unpaired) electrons. The molecule has 1 saturated heterocycles. The first-order chi connectivity index (χ1) is 14.5. The van der Waals surface area contributed by atoms with Crippen LogP contribution in [0, 0.1) is 10.1 Å². The van der Waals surface area contributed by atoms with E-state index in [2.05, 4.69) is 4.90 Å². The molecule has 0 unspecified atom stereocenters. The Balaban J connectivity index is 1.39. The van der Waals surface area contributed by atoms with Crippen molar-refractivity contribution in [2.24, 2.45) is 0 Å². The van der Waals surface area contributed by atoms with Gasteiger partial charge >= 0.3 is 0 Å². The molecule has 4 rings (SSSR count). The van der Waals surface area contributed by atoms with Crippen molar-refractivity contribution in [3.05, 3.63) is 58.6 Å². The highest BCUT2D eigenvalue weighted by atomic mass is 16.6. The molecular weight excluding hydrogens is 388 g/mol. The quantitative estimate of drug-likeness (QED) is 0.566. The van der Waals surface area contributed by atoms with Crippen molar-refractivity contribution in [2.45, 2.75) is 6.42 Å². The van der Waals surface area contributed by atoms with E-state index in [9.17, 15) is 19.7 Å². The summed E-state index contributed by atoms with van der Waals surface area (Å²) >= 11 is 0. The number of amides is 2. The van der Waals surface area contributed by atoms with Gasteiger partial charge in [-0.15, -0.1) is 0 Å². The summed E-state index contributed by atoms with van der Waals surface area (Å²) in [7, 11) is 0. The lowest BCUT2D eigenvalue weighted by Crippen LogP contribution is -2.52. The zero-order chi connectivity index (χ0) is 21.1. The third kappa shape index (κ3) is 4.05. The van der Waals surface area contributed by atoms with Crippen LogP contribution in [0.4, 0.5) is 17.1 Å². The van der Waals surface area contributed by atoms with Gasteiger partial charge in [-0.1, -0.05) is 12.1 Å². The Morgan fingerprint density at radius 3 is 2.43 bits per heavy atom. The van der Waals surface area contributed by atoms with Crippen LogP contribution in [0.5, 0.6) is 5.75 Å². The van der Waals surface area contributed by atoms with Gasteiger partial charge in [0.25, 0.3) is 5.69 Å². The molecule has 0 atom stereocenters. The first-order valence-corrected chi connectivity index (χ1v) is 9.82. The summed E-state index contributed by atoms with van der Waals surface area (Å²) in [4.78, 5) is 41.2. The Morgan fingerprint density at radius 1 is 1.03 bits per heavy atom. The summed E-state index contributed by atoms with van der Waals surface area (Å²) < 4.78 is 5.63. The number of benzene rings is 2. The van der Waals surface area contributed by atoms with Gasteiger partial charge in [-0.25, -0.2) is 0 Å². The van der Waals surface area contributed by atoms with Crippen molar-refractivity contribution < 1.29 is 19.2 Å². The zero-order valence-electron chi connectivity index (χ0n) is 16.4. The summed E-state index contributed by atoms with van der Waals surface area (Å²) in [6.45, 7) is 2.57. The van der Waals surface area contributed by atoms with Gasteiger partial charge in [0.1, 0.15) is 12.3 Å². The van der Waals surface area contributed by atoms with Gasteiger partial charge in [0.15, 0.2) is 0 Å². The van der Waals surface area contributed by atoms with Crippen LogP contribution in [0.1, 0.15) is 6.42 Å². The second kappa shape index (κ2) is 8.40. The van der Waals surface area contributed by atoms with Crippen LogP contribution in [-0.4, -0.2) is 61.0 Å². The number of hydrogen-bond donors (Lipinski definition) is 0. The van der Waals surface area contributed by atoms with Gasteiger partial charge in [0.2, 0.25) is 11.8 Å². The minimum Gasteiger partial charge on any atom is -0.491 e. The van der Waals surface area contributed by atoms with E-state index in [4.69, 9.17) is 4.74 Å². The number of fused-ring (bicyclic) bond motifs is 1. The van der Waals surface area contributed by atoms with E-state index >= 15 is 0 Å². The van der Waals surface area contributed by atoms with Crippen molar-refractivity contribution in [1.29, 1.82) is 0 Å². The second-order valence-electron chi connectivity index (χ2n) is 7.19. The van der Waals surface area contributed by atoms with Gasteiger partial charge in [-0.2, -0.15) is 0 Å². The molecule has 1 fully saturated rings. The van der Waals surface area contributed by atoms with Crippen molar-refractivity contribution in [2.75, 3.05) is 49.1 Å². The Hall–Kier alpha value is -3.62. The van der Waals surface area contributed by atoms with Crippen LogP contribution in [0.2, 0.25) is 0 Å². The molecule has 0 saturated carbocycles. The molecule has 2 aromatic carbocycles. The lowest BCUT2D eigenvalue weighted by Gasteiger charge is -2.37. The molecule has 2 aliphatic rings. The molecule has 0 aromatic heterocycles. The molecule has 2 aliphatic heterocycles. The van der Waals surface area contributed by atoms with E-state index < -0.39 is 4.92 Å². The van der Waals surface area contributed by atoms with Gasteiger partial charge in [0, 0.05) is 44.0 Å². The van der Waals surface area contributed by atoms with Gasteiger partial charge in [-0.3, -0.25) is 24.6 Å². The fraction of sp³-hybridized carbons (Fsp3) is 0.333. The normalized spacial score (nSPS) is 16.5. The number of ether oxygens (including phenoxy) is 1. The van der Waals surface area contributed by atoms with Crippen LogP contribution in [-0.2, 0) is 9.59 Å². The maximum atomic E-state index is 12.9. The van der Waals surface area contributed by atoms with Crippen molar-refractivity contribution in [3.63, 3.8) is 0 Å². The topological polar surface area (TPSA) is 96.2 Å². The van der Waals surface area contributed by atoms with E-state index in [0.717, 1.165) is 5.69 Å². The number of piperazine rings is 1. The third-order valence-corrected chi connectivity index (χ3v) is 5.38. The molecule has 0 spiro atoms. The van der Waals surface area contributed by atoms with Crippen LogP contribution >= 0.6 is 0 Å². The highest BCUT2D eigenvalue weighted by Gasteiger charge is 2.28. The number of anilines is 2. The first-order valence-electron chi connectivity index (χ1n) is 9.82. The standard InChI is InChI=1S/C21H22N4O5/c26-20-9-14-30-19-4-2-1-3-18(19)24(20)15-21(27)23-12-10-22(11-13-23)16-5-7-17(8-6-16)25(28)29/h1-8H,9-15H2. The zero-order valence-corrected chi connectivity index (χ0v) is 16.4. The van der Waals surface area contributed by atoms with E-state index in [1.807, 2.05) is 12.1 Å². The molecule has 9 nitrogen and oxygen atoms in total. The molecule has 2 heterocycles. The van der Waals surface area contributed by atoms with Crippen molar-refractivity contribution in [3.8, 4) is 5.75 Å². The Morgan fingerprint density at radius 2 is 1.73 bits per heavy atom. The SMILES string of the molecule is O=C(CN1C(=O)CCOc2ccccc21)N1CCN(c2ccc([N+](=O)[O-])cc2)CC1. The molecule has 0 aliphatic carbocycles. The average Bonchev–Trinajstić information content (AvgIpc) is 2.93. The Kier molecular flexibility index (Phi) is 5.51. The average molecular weight is 410 g/mol. The molecule has 2 aromatic rings. The molecule has 156 valence electrons.